The SMILES string of the molecule is CCCCCC(=O)OCC.[Cr]. The van der Waals surface area contributed by atoms with E-state index in [4.69, 9.17) is 4.74 Å². The van der Waals surface area contributed by atoms with Gasteiger partial charge in [-0.25, -0.2) is 0 Å². The van der Waals surface area contributed by atoms with E-state index in [9.17, 15) is 4.79 Å². The summed E-state index contributed by atoms with van der Waals surface area (Å²) in [6.45, 7) is 4.45. The van der Waals surface area contributed by atoms with Gasteiger partial charge in [0.05, 0.1) is 6.61 Å². The van der Waals surface area contributed by atoms with E-state index < -0.39 is 0 Å². The quantitative estimate of drug-likeness (QED) is 0.497. The minimum atomic E-state index is -0.0593. The van der Waals surface area contributed by atoms with Crippen LogP contribution in [-0.4, -0.2) is 12.6 Å². The van der Waals surface area contributed by atoms with Crippen molar-refractivity contribution < 1.29 is 26.9 Å². The summed E-state index contributed by atoms with van der Waals surface area (Å²) in [5.74, 6) is -0.0593. The Hall–Kier alpha value is 0.00247. The number of hydrogen-bond donors (Lipinski definition) is 0. The molecule has 0 fully saturated rings. The Labute approximate surface area is 79.4 Å². The van der Waals surface area contributed by atoms with Gasteiger partial charge in [0.2, 0.25) is 0 Å². The minimum absolute atomic E-state index is 0. The molecule has 11 heavy (non-hydrogen) atoms. The van der Waals surface area contributed by atoms with Crippen LogP contribution in [0.5, 0.6) is 0 Å². The predicted octanol–water partition coefficient (Wildman–Crippen LogP) is 2.13. The van der Waals surface area contributed by atoms with Crippen molar-refractivity contribution in [3.8, 4) is 0 Å². The fraction of sp³-hybridized carbons (Fsp3) is 0.875. The molecule has 0 aromatic heterocycles. The third-order valence-corrected chi connectivity index (χ3v) is 1.29. The molecule has 0 N–H and O–H groups in total. The molecule has 0 bridgehead atoms. The third-order valence-electron chi connectivity index (χ3n) is 1.29. The van der Waals surface area contributed by atoms with Crippen LogP contribution in [0.1, 0.15) is 39.5 Å². The second-order valence-corrected chi connectivity index (χ2v) is 2.26. The van der Waals surface area contributed by atoms with Crippen LogP contribution in [0.15, 0.2) is 0 Å². The molecule has 0 aliphatic rings. The summed E-state index contributed by atoms with van der Waals surface area (Å²) in [7, 11) is 0. The van der Waals surface area contributed by atoms with Crippen LogP contribution < -0.4 is 0 Å². The molecule has 0 radical (unpaired) electrons. The molecule has 3 heteroatoms. The van der Waals surface area contributed by atoms with Crippen LogP contribution in [-0.2, 0) is 26.9 Å². The molecule has 0 saturated heterocycles. The molecule has 0 aromatic rings. The van der Waals surface area contributed by atoms with Gasteiger partial charge in [-0.2, -0.15) is 0 Å². The fourth-order valence-corrected chi connectivity index (χ4v) is 0.752. The van der Waals surface area contributed by atoms with Gasteiger partial charge in [0.1, 0.15) is 0 Å². The van der Waals surface area contributed by atoms with Gasteiger partial charge in [0, 0.05) is 23.8 Å². The van der Waals surface area contributed by atoms with Crippen LogP contribution >= 0.6 is 0 Å². The second kappa shape index (κ2) is 10.0. The van der Waals surface area contributed by atoms with Gasteiger partial charge in [-0.1, -0.05) is 19.8 Å². The van der Waals surface area contributed by atoms with Crippen molar-refractivity contribution in [2.24, 2.45) is 0 Å². The maximum Gasteiger partial charge on any atom is 0.305 e. The van der Waals surface area contributed by atoms with Gasteiger partial charge in [-0.15, -0.1) is 0 Å². The van der Waals surface area contributed by atoms with E-state index in [1.54, 1.807) is 0 Å². The summed E-state index contributed by atoms with van der Waals surface area (Å²) in [5, 5.41) is 0. The van der Waals surface area contributed by atoms with Gasteiger partial charge in [0.15, 0.2) is 0 Å². The first-order valence-corrected chi connectivity index (χ1v) is 3.96. The maximum atomic E-state index is 10.7. The first-order valence-electron chi connectivity index (χ1n) is 3.96. The number of rotatable bonds is 5. The van der Waals surface area contributed by atoms with Crippen molar-refractivity contribution in [3.63, 3.8) is 0 Å². The third kappa shape index (κ3) is 10.0. The molecule has 0 atom stereocenters. The van der Waals surface area contributed by atoms with Crippen molar-refractivity contribution in [2.45, 2.75) is 39.5 Å². The molecule has 0 spiro atoms. The van der Waals surface area contributed by atoms with Gasteiger partial charge in [-0.05, 0) is 13.3 Å². The van der Waals surface area contributed by atoms with E-state index >= 15 is 0 Å². The standard InChI is InChI=1S/C8H16O2.Cr/c1-3-5-6-7-8(9)10-4-2;/h3-7H2,1-2H3;. The Morgan fingerprint density at radius 1 is 1.27 bits per heavy atom. The van der Waals surface area contributed by atoms with Crippen molar-refractivity contribution in [1.82, 2.24) is 0 Å². The van der Waals surface area contributed by atoms with Crippen LogP contribution in [0, 0.1) is 0 Å². The first kappa shape index (κ1) is 13.6. The number of carbonyl (C=O) groups is 1. The molecule has 2 nitrogen and oxygen atoms in total. The zero-order valence-corrected chi connectivity index (χ0v) is 8.54. The topological polar surface area (TPSA) is 26.3 Å². The van der Waals surface area contributed by atoms with E-state index in [-0.39, 0.29) is 23.3 Å². The molecular weight excluding hydrogens is 180 g/mol. The second-order valence-electron chi connectivity index (χ2n) is 2.26. The van der Waals surface area contributed by atoms with Crippen LogP contribution in [0.25, 0.3) is 0 Å². The van der Waals surface area contributed by atoms with Crippen molar-refractivity contribution >= 4 is 5.97 Å². The van der Waals surface area contributed by atoms with Crippen molar-refractivity contribution in [3.05, 3.63) is 0 Å². The van der Waals surface area contributed by atoms with Crippen molar-refractivity contribution in [2.75, 3.05) is 6.61 Å². The summed E-state index contributed by atoms with van der Waals surface area (Å²) in [6, 6.07) is 0. The molecule has 0 rings (SSSR count). The zero-order chi connectivity index (χ0) is 7.82. The van der Waals surface area contributed by atoms with E-state index in [0.29, 0.717) is 13.0 Å². The summed E-state index contributed by atoms with van der Waals surface area (Å²) in [6.07, 6.45) is 3.83. The molecule has 66 valence electrons. The van der Waals surface area contributed by atoms with E-state index in [1.807, 2.05) is 6.92 Å². The fourth-order valence-electron chi connectivity index (χ4n) is 0.752. The summed E-state index contributed by atoms with van der Waals surface area (Å²) in [5.41, 5.74) is 0. The Morgan fingerprint density at radius 2 is 1.91 bits per heavy atom. The number of hydrogen-bond acceptors (Lipinski definition) is 2. The summed E-state index contributed by atoms with van der Waals surface area (Å²) < 4.78 is 4.75. The van der Waals surface area contributed by atoms with Gasteiger partial charge in [0.25, 0.3) is 0 Å². The maximum absolute atomic E-state index is 10.7. The number of ether oxygens (including phenoxy) is 1. The molecule has 0 unspecified atom stereocenters. The van der Waals surface area contributed by atoms with E-state index in [0.717, 1.165) is 19.3 Å². The normalized spacial score (nSPS) is 8.55. The Bertz CT molecular complexity index is 94.1. The molecule has 0 aliphatic heterocycles. The molecule has 0 heterocycles. The molecule has 0 amide bonds. The zero-order valence-electron chi connectivity index (χ0n) is 7.26. The van der Waals surface area contributed by atoms with Crippen LogP contribution in [0.4, 0.5) is 0 Å². The van der Waals surface area contributed by atoms with Crippen LogP contribution in [0.2, 0.25) is 0 Å². The number of carbonyl (C=O) groups excluding carboxylic acids is 1. The van der Waals surface area contributed by atoms with E-state index in [1.165, 1.54) is 0 Å². The monoisotopic (exact) mass is 196 g/mol. The largest absolute Gasteiger partial charge is 0.466 e. The van der Waals surface area contributed by atoms with Crippen LogP contribution in [0.3, 0.4) is 0 Å². The summed E-state index contributed by atoms with van der Waals surface area (Å²) in [4.78, 5) is 10.7. The number of esters is 1. The molecule has 0 saturated carbocycles. The van der Waals surface area contributed by atoms with Gasteiger partial charge >= 0.3 is 5.97 Å². The first-order chi connectivity index (χ1) is 4.81. The predicted molar refractivity (Wildman–Crippen MR) is 40.8 cm³/mol. The minimum Gasteiger partial charge on any atom is -0.466 e. The summed E-state index contributed by atoms with van der Waals surface area (Å²) >= 11 is 0. The average Bonchev–Trinajstić information content (AvgIpc) is 1.89. The Balaban J connectivity index is 0. The molecule has 0 aromatic carbocycles. The number of unbranched alkanes of at least 4 members (excludes halogenated alkanes) is 2. The average molecular weight is 196 g/mol. The molecular formula is C8H16CrO2. The Kier molecular flexibility index (Phi) is 12.4. The van der Waals surface area contributed by atoms with E-state index in [2.05, 4.69) is 6.92 Å². The Morgan fingerprint density at radius 3 is 2.36 bits per heavy atom. The van der Waals surface area contributed by atoms with Gasteiger partial charge in [-0.3, -0.25) is 4.79 Å². The van der Waals surface area contributed by atoms with Crippen molar-refractivity contribution in [1.29, 1.82) is 0 Å². The molecule has 0 aliphatic carbocycles. The smallest absolute Gasteiger partial charge is 0.305 e. The van der Waals surface area contributed by atoms with Gasteiger partial charge < -0.3 is 4.74 Å².